The highest BCUT2D eigenvalue weighted by Crippen LogP contribution is 2.54. The molecule has 0 spiro atoms. The summed E-state index contributed by atoms with van der Waals surface area (Å²) < 4.78 is 0. The molecule has 0 atom stereocenters. The quantitative estimate of drug-likeness (QED) is 0.147. The van der Waals surface area contributed by atoms with Gasteiger partial charge in [0.05, 0.1) is 0 Å². The van der Waals surface area contributed by atoms with E-state index in [4.69, 9.17) is 0 Å². The zero-order valence-electron chi connectivity index (χ0n) is 35.9. The fourth-order valence-electron chi connectivity index (χ4n) is 10.7. The van der Waals surface area contributed by atoms with Crippen molar-refractivity contribution in [1.82, 2.24) is 0 Å². The van der Waals surface area contributed by atoms with Crippen molar-refractivity contribution < 1.29 is 0 Å². The summed E-state index contributed by atoms with van der Waals surface area (Å²) in [5.41, 5.74) is 26.7. The van der Waals surface area contributed by atoms with E-state index >= 15 is 0 Å². The number of rotatable bonds is 6. The lowest BCUT2D eigenvalue weighted by atomic mass is 9.72. The fourth-order valence-corrected chi connectivity index (χ4v) is 10.7. The highest BCUT2D eigenvalue weighted by atomic mass is 14.3. The molecule has 296 valence electrons. The molecule has 0 radical (unpaired) electrons. The van der Waals surface area contributed by atoms with Gasteiger partial charge >= 0.3 is 0 Å². The molecule has 0 aliphatic heterocycles. The van der Waals surface area contributed by atoms with Crippen LogP contribution in [-0.2, 0) is 12.8 Å². The Morgan fingerprint density at radius 1 is 0.226 bits per heavy atom. The molecule has 0 aromatic heterocycles. The molecular formula is C62H48. The lowest BCUT2D eigenvalue weighted by Crippen LogP contribution is -2.16. The summed E-state index contributed by atoms with van der Waals surface area (Å²) in [5, 5.41) is 5.11. The maximum Gasteiger partial charge on any atom is -0.00106 e. The van der Waals surface area contributed by atoms with Crippen molar-refractivity contribution in [3.05, 3.63) is 239 Å². The van der Waals surface area contributed by atoms with Gasteiger partial charge in [0, 0.05) is 0 Å². The van der Waals surface area contributed by atoms with Crippen molar-refractivity contribution in [2.45, 2.75) is 40.5 Å². The molecule has 0 N–H and O–H groups in total. The topological polar surface area (TPSA) is 0 Å². The Hall–Kier alpha value is -7.28. The van der Waals surface area contributed by atoms with Crippen LogP contribution in [-0.4, -0.2) is 0 Å². The smallest absolute Gasteiger partial charge is 0.00106 e. The average Bonchev–Trinajstić information content (AvgIpc) is 3.34. The van der Waals surface area contributed by atoms with Crippen molar-refractivity contribution in [2.75, 3.05) is 0 Å². The van der Waals surface area contributed by atoms with Crippen LogP contribution in [0.25, 0.3) is 88.3 Å². The van der Waals surface area contributed by atoms with E-state index in [9.17, 15) is 0 Å². The average molecular weight is 793 g/mol. The van der Waals surface area contributed by atoms with E-state index in [0.717, 1.165) is 12.8 Å². The maximum atomic E-state index is 2.59. The van der Waals surface area contributed by atoms with Crippen molar-refractivity contribution >= 4 is 21.5 Å². The van der Waals surface area contributed by atoms with Gasteiger partial charge in [-0.05, 0) is 185 Å². The second kappa shape index (κ2) is 15.3. The Morgan fingerprint density at radius 2 is 0.452 bits per heavy atom. The largest absolute Gasteiger partial charge is 0.0622 e. The van der Waals surface area contributed by atoms with Crippen LogP contribution in [0.15, 0.2) is 194 Å². The molecule has 0 saturated heterocycles. The van der Waals surface area contributed by atoms with Crippen LogP contribution < -0.4 is 0 Å². The normalized spacial score (nSPS) is 12.1. The molecule has 0 unspecified atom stereocenters. The molecule has 0 heterocycles. The van der Waals surface area contributed by atoms with E-state index in [0.29, 0.717) is 0 Å². The number of benzene rings is 10. The second-order valence-corrected chi connectivity index (χ2v) is 17.2. The Morgan fingerprint density at radius 3 is 0.726 bits per heavy atom. The molecule has 10 aromatic rings. The predicted octanol–water partition coefficient (Wildman–Crippen LogP) is 16.7. The maximum absolute atomic E-state index is 2.59. The predicted molar refractivity (Wildman–Crippen MR) is 265 cm³/mol. The molecule has 0 nitrogen and oxygen atoms in total. The summed E-state index contributed by atoms with van der Waals surface area (Å²) in [6.45, 7) is 9.34. The molecule has 0 heteroatoms. The molecule has 0 bridgehead atoms. The van der Waals surface area contributed by atoms with Crippen LogP contribution in [0.4, 0.5) is 0 Å². The summed E-state index contributed by atoms with van der Waals surface area (Å²) >= 11 is 0. The first-order chi connectivity index (χ1) is 30.5. The zero-order chi connectivity index (χ0) is 41.9. The zero-order valence-corrected chi connectivity index (χ0v) is 35.9. The van der Waals surface area contributed by atoms with Gasteiger partial charge < -0.3 is 0 Å². The Balaban J connectivity index is 1.42. The second-order valence-electron chi connectivity index (χ2n) is 17.2. The molecule has 0 fully saturated rings. The van der Waals surface area contributed by atoms with Crippen LogP contribution in [0, 0.1) is 27.7 Å². The first kappa shape index (κ1) is 37.7. The van der Waals surface area contributed by atoms with E-state index < -0.39 is 0 Å². The fraction of sp³-hybridized carbons (Fsp3) is 0.0968. The minimum Gasteiger partial charge on any atom is -0.0622 e. The van der Waals surface area contributed by atoms with Crippen molar-refractivity contribution in [3.8, 4) is 66.8 Å². The van der Waals surface area contributed by atoms with E-state index in [1.807, 2.05) is 0 Å². The van der Waals surface area contributed by atoms with E-state index in [1.165, 1.54) is 133 Å². The molecule has 10 aromatic carbocycles. The SMILES string of the molecule is Cc1c(C)c(C)c2c(c1C)Cc1c(c(-c3ccccc3)c3cc4c(-c5ccccc5)c(-c5ccccc5)c(-c5ccccc5)c(-c5ccccc5)c4cc3c1-c1ccccc1)C2. The van der Waals surface area contributed by atoms with Gasteiger partial charge in [-0.1, -0.05) is 182 Å². The Labute approximate surface area is 365 Å². The highest BCUT2D eigenvalue weighted by Gasteiger charge is 2.31. The van der Waals surface area contributed by atoms with Crippen molar-refractivity contribution in [3.63, 3.8) is 0 Å². The summed E-state index contributed by atoms with van der Waals surface area (Å²) in [5.74, 6) is 0. The minimum absolute atomic E-state index is 0.902. The number of hydrogen-bond donors (Lipinski definition) is 0. The third-order valence-corrected chi connectivity index (χ3v) is 14.0. The van der Waals surface area contributed by atoms with Crippen molar-refractivity contribution in [2.24, 2.45) is 0 Å². The summed E-state index contributed by atoms with van der Waals surface area (Å²) in [7, 11) is 0. The Kier molecular flexibility index (Phi) is 9.32. The van der Waals surface area contributed by atoms with Crippen LogP contribution in [0.2, 0.25) is 0 Å². The summed E-state index contributed by atoms with van der Waals surface area (Å²) in [6, 6.07) is 72.0. The van der Waals surface area contributed by atoms with Gasteiger partial charge in [-0.2, -0.15) is 0 Å². The molecule has 11 rings (SSSR count). The van der Waals surface area contributed by atoms with Gasteiger partial charge in [-0.3, -0.25) is 0 Å². The third-order valence-electron chi connectivity index (χ3n) is 14.0. The third kappa shape index (κ3) is 6.05. The van der Waals surface area contributed by atoms with Crippen LogP contribution in [0.1, 0.15) is 44.5 Å². The van der Waals surface area contributed by atoms with Gasteiger partial charge in [0.15, 0.2) is 0 Å². The van der Waals surface area contributed by atoms with E-state index in [-0.39, 0.29) is 0 Å². The molecule has 0 amide bonds. The van der Waals surface area contributed by atoms with Gasteiger partial charge in [-0.15, -0.1) is 0 Å². The standard InChI is InChI=1S/C62H48/c1-39-40(2)42(4)50-36-52-51(35-49(50)41(39)3)57(43-23-11-5-12-24-43)53-37-55-56(38-54(53)58(52)44-25-13-6-14-26-44)60(46-29-17-8-18-30-46)62(48-33-21-10-22-34-48)61(47-31-19-9-20-32-47)59(55)45-27-15-7-16-28-45/h5-34,37-38H,35-36H2,1-4H3. The van der Waals surface area contributed by atoms with Crippen LogP contribution >= 0.6 is 0 Å². The first-order valence-corrected chi connectivity index (χ1v) is 22.0. The van der Waals surface area contributed by atoms with Gasteiger partial charge in [0.1, 0.15) is 0 Å². The van der Waals surface area contributed by atoms with Gasteiger partial charge in [0.2, 0.25) is 0 Å². The van der Waals surface area contributed by atoms with Crippen LogP contribution in [0.5, 0.6) is 0 Å². The lowest BCUT2D eigenvalue weighted by Gasteiger charge is -2.32. The molecule has 62 heavy (non-hydrogen) atoms. The number of hydrogen-bond acceptors (Lipinski definition) is 0. The first-order valence-electron chi connectivity index (χ1n) is 22.0. The Bertz CT molecular complexity index is 3080. The molecule has 1 aliphatic carbocycles. The monoisotopic (exact) mass is 792 g/mol. The van der Waals surface area contributed by atoms with E-state index in [1.54, 1.807) is 0 Å². The van der Waals surface area contributed by atoms with Gasteiger partial charge in [0.25, 0.3) is 0 Å². The molecule has 0 saturated carbocycles. The van der Waals surface area contributed by atoms with Crippen LogP contribution in [0.3, 0.4) is 0 Å². The summed E-state index contributed by atoms with van der Waals surface area (Å²) in [6.07, 6.45) is 1.80. The highest BCUT2D eigenvalue weighted by molar-refractivity contribution is 6.23. The van der Waals surface area contributed by atoms with Gasteiger partial charge in [-0.25, -0.2) is 0 Å². The summed E-state index contributed by atoms with van der Waals surface area (Å²) in [4.78, 5) is 0. The van der Waals surface area contributed by atoms with Crippen molar-refractivity contribution in [1.29, 1.82) is 0 Å². The molecular weight excluding hydrogens is 745 g/mol. The lowest BCUT2D eigenvalue weighted by molar-refractivity contribution is 0.961. The van der Waals surface area contributed by atoms with E-state index in [2.05, 4.69) is 222 Å². The molecule has 1 aliphatic rings. The minimum atomic E-state index is 0.902. The number of fused-ring (bicyclic) bond motifs is 4.